The molecule has 1 aliphatic carbocycles. The molecule has 0 fully saturated rings. The molecule has 5 nitrogen and oxygen atoms in total. The smallest absolute Gasteiger partial charge is 0.337 e. The highest BCUT2D eigenvalue weighted by molar-refractivity contribution is 5.96. The lowest BCUT2D eigenvalue weighted by Crippen LogP contribution is -2.10. The molecule has 0 atom stereocenters. The van der Waals surface area contributed by atoms with Gasteiger partial charge in [-0.05, 0) is 55.9 Å². The second kappa shape index (κ2) is 8.89. The maximum absolute atomic E-state index is 11.9. The highest BCUT2D eigenvalue weighted by Crippen LogP contribution is 2.33. The van der Waals surface area contributed by atoms with Crippen LogP contribution in [0.25, 0.3) is 10.9 Å². The average molecular weight is 367 g/mol. The zero-order valence-electron chi connectivity index (χ0n) is 16.6. The second-order valence-corrected chi connectivity index (χ2v) is 6.66. The number of ether oxygens (including phenoxy) is 1. The van der Waals surface area contributed by atoms with Crippen molar-refractivity contribution in [1.82, 2.24) is 14.1 Å². The van der Waals surface area contributed by atoms with E-state index in [-0.39, 0.29) is 5.97 Å². The van der Waals surface area contributed by atoms with E-state index in [1.165, 1.54) is 42.1 Å². The number of hydrogen-bond acceptors (Lipinski definition) is 3. The lowest BCUT2D eigenvalue weighted by atomic mass is 9.95. The number of aromatic nitrogens is 3. The van der Waals surface area contributed by atoms with Crippen LogP contribution in [0.15, 0.2) is 36.9 Å². The van der Waals surface area contributed by atoms with Gasteiger partial charge in [-0.1, -0.05) is 13.8 Å². The van der Waals surface area contributed by atoms with Crippen LogP contribution < -0.4 is 0 Å². The van der Waals surface area contributed by atoms with Gasteiger partial charge in [0.2, 0.25) is 0 Å². The summed E-state index contributed by atoms with van der Waals surface area (Å²) in [4.78, 5) is 16.0. The number of carbonyl (C=O) groups is 1. The Balaban J connectivity index is 0.00000102. The fraction of sp³-hybridized carbons (Fsp3) is 0.455. The molecule has 144 valence electrons. The molecule has 0 spiro atoms. The van der Waals surface area contributed by atoms with E-state index in [4.69, 9.17) is 4.74 Å². The molecule has 0 N–H and O–H groups in total. The number of nitrogens with zero attached hydrogens (tertiary/aromatic N) is 3. The van der Waals surface area contributed by atoms with Gasteiger partial charge in [0, 0.05) is 42.1 Å². The molecule has 0 unspecified atom stereocenters. The summed E-state index contributed by atoms with van der Waals surface area (Å²) in [5.74, 6) is -0.265. The van der Waals surface area contributed by atoms with Gasteiger partial charge < -0.3 is 13.9 Å². The first-order valence-corrected chi connectivity index (χ1v) is 9.96. The maximum Gasteiger partial charge on any atom is 0.337 e. The summed E-state index contributed by atoms with van der Waals surface area (Å²) in [5, 5.41) is 1.22. The van der Waals surface area contributed by atoms with Crippen LogP contribution in [-0.2, 0) is 30.7 Å². The van der Waals surface area contributed by atoms with Crippen molar-refractivity contribution >= 4 is 16.9 Å². The fourth-order valence-electron chi connectivity index (χ4n) is 3.97. The standard InChI is InChI=1S/C20H23N3O2.C2H6/c1-25-20(24)15-7-8-19-17(13-15)16-5-2-3-6-18(16)23(19)11-4-10-22-12-9-21-14-22;1-2/h7-9,12-14H,2-6,10-11H2,1H3;1-2H3. The third-order valence-corrected chi connectivity index (χ3v) is 5.16. The van der Waals surface area contributed by atoms with Gasteiger partial charge in [-0.3, -0.25) is 0 Å². The minimum Gasteiger partial charge on any atom is -0.465 e. The number of carbonyl (C=O) groups excluding carboxylic acids is 1. The van der Waals surface area contributed by atoms with Crippen LogP contribution in [0.1, 0.15) is 54.7 Å². The van der Waals surface area contributed by atoms with Gasteiger partial charge in [-0.25, -0.2) is 9.78 Å². The van der Waals surface area contributed by atoms with Gasteiger partial charge in [-0.15, -0.1) is 0 Å². The van der Waals surface area contributed by atoms with E-state index in [1.807, 2.05) is 44.7 Å². The van der Waals surface area contributed by atoms with Crippen LogP contribution in [0, 0.1) is 0 Å². The van der Waals surface area contributed by atoms with Crippen LogP contribution in [0.4, 0.5) is 0 Å². The van der Waals surface area contributed by atoms with Crippen molar-refractivity contribution in [1.29, 1.82) is 0 Å². The van der Waals surface area contributed by atoms with E-state index in [2.05, 4.69) is 20.2 Å². The van der Waals surface area contributed by atoms with Gasteiger partial charge in [-0.2, -0.15) is 0 Å². The molecule has 0 bridgehead atoms. The lowest BCUT2D eigenvalue weighted by Gasteiger charge is -2.16. The third kappa shape index (κ3) is 3.92. The van der Waals surface area contributed by atoms with E-state index < -0.39 is 0 Å². The van der Waals surface area contributed by atoms with E-state index in [9.17, 15) is 4.79 Å². The van der Waals surface area contributed by atoms with Crippen LogP contribution in [0.2, 0.25) is 0 Å². The summed E-state index contributed by atoms with van der Waals surface area (Å²) in [6.45, 7) is 5.95. The topological polar surface area (TPSA) is 49.0 Å². The third-order valence-electron chi connectivity index (χ3n) is 5.16. The second-order valence-electron chi connectivity index (χ2n) is 6.66. The number of rotatable bonds is 5. The molecular formula is C22H29N3O2. The molecule has 5 heteroatoms. The van der Waals surface area contributed by atoms with Crippen molar-refractivity contribution in [2.45, 2.75) is 59.0 Å². The molecule has 0 aliphatic heterocycles. The SMILES string of the molecule is CC.COC(=O)c1ccc2c(c1)c1c(n2CCCn2ccnc2)CCCC1. The quantitative estimate of drug-likeness (QED) is 0.618. The molecule has 4 rings (SSSR count). The summed E-state index contributed by atoms with van der Waals surface area (Å²) >= 11 is 0. The Morgan fingerprint density at radius 2 is 2.00 bits per heavy atom. The van der Waals surface area contributed by atoms with Crippen LogP contribution >= 0.6 is 0 Å². The van der Waals surface area contributed by atoms with Gasteiger partial charge in [0.1, 0.15) is 0 Å². The van der Waals surface area contributed by atoms with Crippen molar-refractivity contribution in [3.8, 4) is 0 Å². The minimum absolute atomic E-state index is 0.265. The number of imidazole rings is 1. The first-order chi connectivity index (χ1) is 13.3. The molecule has 0 amide bonds. The number of hydrogen-bond donors (Lipinski definition) is 0. The predicted molar refractivity (Wildman–Crippen MR) is 108 cm³/mol. The number of benzene rings is 1. The summed E-state index contributed by atoms with van der Waals surface area (Å²) in [7, 11) is 1.43. The molecule has 1 aromatic carbocycles. The van der Waals surface area contributed by atoms with Crippen LogP contribution in [-0.4, -0.2) is 27.2 Å². The van der Waals surface area contributed by atoms with Gasteiger partial charge in [0.25, 0.3) is 0 Å². The Hall–Kier alpha value is -2.56. The van der Waals surface area contributed by atoms with E-state index in [0.717, 1.165) is 32.4 Å². The Bertz CT molecular complexity index is 894. The minimum atomic E-state index is -0.265. The molecule has 27 heavy (non-hydrogen) atoms. The number of esters is 1. The Morgan fingerprint density at radius 1 is 1.19 bits per heavy atom. The van der Waals surface area contributed by atoms with E-state index in [1.54, 1.807) is 0 Å². The van der Waals surface area contributed by atoms with Crippen molar-refractivity contribution in [2.24, 2.45) is 0 Å². The van der Waals surface area contributed by atoms with Crippen LogP contribution in [0.5, 0.6) is 0 Å². The summed E-state index contributed by atoms with van der Waals surface area (Å²) in [6, 6.07) is 5.97. The first kappa shape index (κ1) is 19.2. The van der Waals surface area contributed by atoms with E-state index in [0.29, 0.717) is 5.56 Å². The van der Waals surface area contributed by atoms with Crippen molar-refractivity contribution in [2.75, 3.05) is 7.11 Å². The zero-order chi connectivity index (χ0) is 19.2. The molecule has 0 saturated carbocycles. The van der Waals surface area contributed by atoms with Gasteiger partial charge in [0.05, 0.1) is 19.0 Å². The normalized spacial score (nSPS) is 13.0. The molecule has 1 aliphatic rings. The molecule has 2 heterocycles. The number of aryl methyl sites for hydroxylation is 3. The largest absolute Gasteiger partial charge is 0.465 e. The lowest BCUT2D eigenvalue weighted by molar-refractivity contribution is 0.0601. The Labute approximate surface area is 161 Å². The highest BCUT2D eigenvalue weighted by Gasteiger charge is 2.21. The highest BCUT2D eigenvalue weighted by atomic mass is 16.5. The van der Waals surface area contributed by atoms with Crippen molar-refractivity contribution in [3.05, 3.63) is 53.7 Å². The Morgan fingerprint density at radius 3 is 2.74 bits per heavy atom. The zero-order valence-corrected chi connectivity index (χ0v) is 16.6. The van der Waals surface area contributed by atoms with Crippen molar-refractivity contribution < 1.29 is 9.53 Å². The van der Waals surface area contributed by atoms with Gasteiger partial charge in [0.15, 0.2) is 0 Å². The Kier molecular flexibility index (Phi) is 6.32. The summed E-state index contributed by atoms with van der Waals surface area (Å²) in [6.07, 6.45) is 11.5. The number of fused-ring (bicyclic) bond motifs is 3. The molecule has 0 radical (unpaired) electrons. The monoisotopic (exact) mass is 367 g/mol. The average Bonchev–Trinajstić information content (AvgIpc) is 3.35. The summed E-state index contributed by atoms with van der Waals surface area (Å²) in [5.41, 5.74) is 4.76. The predicted octanol–water partition coefficient (Wildman–Crippen LogP) is 4.62. The maximum atomic E-state index is 11.9. The molecule has 0 saturated heterocycles. The van der Waals surface area contributed by atoms with Crippen LogP contribution in [0.3, 0.4) is 0 Å². The molecule has 3 aromatic rings. The summed E-state index contributed by atoms with van der Waals surface area (Å²) < 4.78 is 9.47. The molecule has 2 aromatic heterocycles. The molecular weight excluding hydrogens is 338 g/mol. The van der Waals surface area contributed by atoms with Gasteiger partial charge >= 0.3 is 5.97 Å². The first-order valence-electron chi connectivity index (χ1n) is 9.96. The fourth-order valence-corrected chi connectivity index (χ4v) is 3.97. The van der Waals surface area contributed by atoms with E-state index >= 15 is 0 Å². The van der Waals surface area contributed by atoms with Crippen molar-refractivity contribution in [3.63, 3.8) is 0 Å². The number of methoxy groups -OCH3 is 1.